The van der Waals surface area contributed by atoms with Crippen LogP contribution in [0.4, 0.5) is 15.8 Å². The molecule has 0 fully saturated rings. The van der Waals surface area contributed by atoms with Gasteiger partial charge in [0, 0.05) is 19.0 Å². The summed E-state index contributed by atoms with van der Waals surface area (Å²) in [6.45, 7) is 0.0859. The molecular weight excluding hydrogens is 285 g/mol. The molecule has 0 bridgehead atoms. The highest BCUT2D eigenvalue weighted by Gasteiger charge is 2.23. The number of hydrogen-bond donors (Lipinski definition) is 2. The molecule has 10 heteroatoms. The zero-order valence-corrected chi connectivity index (χ0v) is 10.6. The van der Waals surface area contributed by atoms with Crippen molar-refractivity contribution in [2.75, 3.05) is 12.3 Å². The number of nitro benzene ring substituents is 1. The lowest BCUT2D eigenvalue weighted by Crippen LogP contribution is -2.27. The van der Waals surface area contributed by atoms with Crippen LogP contribution in [0.2, 0.25) is 0 Å². The van der Waals surface area contributed by atoms with Crippen molar-refractivity contribution in [3.8, 4) is 0 Å². The Morgan fingerprint density at radius 1 is 1.52 bits per heavy atom. The van der Waals surface area contributed by atoms with E-state index in [9.17, 15) is 19.3 Å². The molecule has 110 valence electrons. The van der Waals surface area contributed by atoms with Crippen molar-refractivity contribution in [2.24, 2.45) is 0 Å². The molecule has 0 aliphatic heterocycles. The smallest absolute Gasteiger partial charge is 0.293 e. The summed E-state index contributed by atoms with van der Waals surface area (Å²) in [6, 6.07) is 1.72. The Hall–Kier alpha value is -3.04. The largest absolute Gasteiger partial charge is 0.392 e. The number of hydrogen-bond acceptors (Lipinski definition) is 7. The number of benzene rings is 1. The summed E-state index contributed by atoms with van der Waals surface area (Å²) in [7, 11) is 0. The molecule has 2 rings (SSSR count). The molecule has 1 aromatic heterocycles. The van der Waals surface area contributed by atoms with Gasteiger partial charge in [-0.1, -0.05) is 5.16 Å². The maximum atomic E-state index is 13.6. The van der Waals surface area contributed by atoms with Crippen molar-refractivity contribution in [1.82, 2.24) is 15.5 Å². The van der Waals surface area contributed by atoms with Crippen molar-refractivity contribution < 1.29 is 18.6 Å². The van der Waals surface area contributed by atoms with Gasteiger partial charge in [0.15, 0.2) is 6.33 Å². The van der Waals surface area contributed by atoms with Gasteiger partial charge in [-0.2, -0.15) is 4.98 Å². The predicted octanol–water partition coefficient (Wildman–Crippen LogP) is 0.672. The second-order valence-electron chi connectivity index (χ2n) is 3.95. The van der Waals surface area contributed by atoms with E-state index in [4.69, 9.17) is 10.3 Å². The summed E-state index contributed by atoms with van der Waals surface area (Å²) in [6.07, 6.45) is 1.44. The van der Waals surface area contributed by atoms with Crippen LogP contribution < -0.4 is 11.1 Å². The van der Waals surface area contributed by atoms with E-state index < -0.39 is 33.6 Å². The molecular formula is C11H10FN5O4. The minimum atomic E-state index is -0.937. The minimum Gasteiger partial charge on any atom is -0.392 e. The highest BCUT2D eigenvalue weighted by Crippen LogP contribution is 2.27. The molecule has 0 radical (unpaired) electrons. The second-order valence-corrected chi connectivity index (χ2v) is 3.95. The SMILES string of the molecule is Nc1c([N+](=O)[O-])ccc(F)c1C(=O)NCCc1ncno1. The van der Waals surface area contributed by atoms with Gasteiger partial charge in [-0.15, -0.1) is 0 Å². The summed E-state index contributed by atoms with van der Waals surface area (Å²) in [5, 5.41) is 16.5. The van der Waals surface area contributed by atoms with E-state index in [2.05, 4.69) is 15.5 Å². The maximum absolute atomic E-state index is 13.6. The summed E-state index contributed by atoms with van der Waals surface area (Å²) < 4.78 is 18.4. The molecule has 0 atom stereocenters. The first-order chi connectivity index (χ1) is 10.0. The highest BCUT2D eigenvalue weighted by molar-refractivity contribution is 6.01. The van der Waals surface area contributed by atoms with Crippen LogP contribution in [0, 0.1) is 15.9 Å². The molecule has 2 aromatic rings. The standard InChI is InChI=1S/C11H10FN5O4/c12-6-1-2-7(17(19)20)10(13)9(6)11(18)14-4-3-8-15-5-16-21-8/h1-2,5H,3-4,13H2,(H,14,18). The maximum Gasteiger partial charge on any atom is 0.293 e. The highest BCUT2D eigenvalue weighted by atomic mass is 19.1. The predicted molar refractivity (Wildman–Crippen MR) is 67.8 cm³/mol. The quantitative estimate of drug-likeness (QED) is 0.469. The Morgan fingerprint density at radius 3 is 2.90 bits per heavy atom. The average molecular weight is 295 g/mol. The van der Waals surface area contributed by atoms with Gasteiger partial charge in [0.1, 0.15) is 17.1 Å². The molecule has 0 spiro atoms. The Kier molecular flexibility index (Phi) is 4.07. The lowest BCUT2D eigenvalue weighted by molar-refractivity contribution is -0.384. The van der Waals surface area contributed by atoms with E-state index in [0.717, 1.165) is 12.1 Å². The van der Waals surface area contributed by atoms with Gasteiger partial charge >= 0.3 is 0 Å². The molecule has 1 amide bonds. The Labute approximate surface area is 117 Å². The van der Waals surface area contributed by atoms with Crippen molar-refractivity contribution in [1.29, 1.82) is 0 Å². The van der Waals surface area contributed by atoms with Crippen LogP contribution in [-0.2, 0) is 6.42 Å². The molecule has 1 heterocycles. The van der Waals surface area contributed by atoms with Gasteiger partial charge in [0.05, 0.1) is 4.92 Å². The fraction of sp³-hybridized carbons (Fsp3) is 0.182. The molecule has 0 aliphatic carbocycles. The number of aromatic nitrogens is 2. The van der Waals surface area contributed by atoms with Crippen LogP contribution in [0.3, 0.4) is 0 Å². The minimum absolute atomic E-state index is 0.0859. The van der Waals surface area contributed by atoms with E-state index in [0.29, 0.717) is 5.89 Å². The monoisotopic (exact) mass is 295 g/mol. The van der Waals surface area contributed by atoms with Crippen LogP contribution in [0.5, 0.6) is 0 Å². The Bertz CT molecular complexity index is 674. The number of rotatable bonds is 5. The van der Waals surface area contributed by atoms with Gasteiger partial charge in [-0.3, -0.25) is 14.9 Å². The fourth-order valence-corrected chi connectivity index (χ4v) is 1.65. The zero-order valence-electron chi connectivity index (χ0n) is 10.6. The van der Waals surface area contributed by atoms with Crippen LogP contribution in [-0.4, -0.2) is 27.5 Å². The van der Waals surface area contributed by atoms with Gasteiger partial charge in [-0.25, -0.2) is 4.39 Å². The van der Waals surface area contributed by atoms with E-state index in [1.807, 2.05) is 0 Å². The van der Waals surface area contributed by atoms with Gasteiger partial charge in [-0.05, 0) is 6.07 Å². The molecule has 3 N–H and O–H groups in total. The number of halogens is 1. The van der Waals surface area contributed by atoms with E-state index in [1.54, 1.807) is 0 Å². The fourth-order valence-electron chi connectivity index (χ4n) is 1.65. The number of nitrogens with zero attached hydrogens (tertiary/aromatic N) is 3. The second kappa shape index (κ2) is 5.94. The third kappa shape index (κ3) is 3.11. The van der Waals surface area contributed by atoms with Crippen molar-refractivity contribution in [3.63, 3.8) is 0 Å². The van der Waals surface area contributed by atoms with Crippen LogP contribution in [0.25, 0.3) is 0 Å². The lowest BCUT2D eigenvalue weighted by atomic mass is 10.1. The van der Waals surface area contributed by atoms with Gasteiger partial charge in [0.2, 0.25) is 5.89 Å². The first-order valence-corrected chi connectivity index (χ1v) is 5.77. The molecule has 9 nitrogen and oxygen atoms in total. The number of anilines is 1. The van der Waals surface area contributed by atoms with Crippen molar-refractivity contribution in [3.05, 3.63) is 45.8 Å². The lowest BCUT2D eigenvalue weighted by Gasteiger charge is -2.08. The molecule has 0 unspecified atom stereocenters. The van der Waals surface area contributed by atoms with Crippen molar-refractivity contribution in [2.45, 2.75) is 6.42 Å². The first-order valence-electron chi connectivity index (χ1n) is 5.77. The van der Waals surface area contributed by atoms with Crippen LogP contribution in [0.1, 0.15) is 16.2 Å². The van der Waals surface area contributed by atoms with E-state index in [1.165, 1.54) is 6.33 Å². The Balaban J connectivity index is 2.11. The third-order valence-electron chi connectivity index (χ3n) is 2.63. The number of carbonyl (C=O) groups is 1. The normalized spacial score (nSPS) is 10.3. The number of nitrogens with two attached hydrogens (primary N) is 1. The van der Waals surface area contributed by atoms with Crippen LogP contribution >= 0.6 is 0 Å². The summed E-state index contributed by atoms with van der Waals surface area (Å²) in [5.74, 6) is -1.50. The molecule has 0 saturated heterocycles. The number of amides is 1. The van der Waals surface area contributed by atoms with E-state index >= 15 is 0 Å². The number of nitrogen functional groups attached to an aromatic ring is 1. The third-order valence-corrected chi connectivity index (χ3v) is 2.63. The number of nitro groups is 1. The number of carbonyl (C=O) groups excluding carboxylic acids is 1. The van der Waals surface area contributed by atoms with Crippen LogP contribution in [0.15, 0.2) is 23.0 Å². The Morgan fingerprint density at radius 2 is 2.29 bits per heavy atom. The zero-order chi connectivity index (χ0) is 15.4. The molecule has 0 saturated carbocycles. The van der Waals surface area contributed by atoms with Gasteiger partial charge in [0.25, 0.3) is 11.6 Å². The average Bonchev–Trinajstić information content (AvgIpc) is 2.91. The van der Waals surface area contributed by atoms with Gasteiger partial charge < -0.3 is 15.6 Å². The number of nitrogens with one attached hydrogen (secondary N) is 1. The molecule has 1 aromatic carbocycles. The molecule has 0 aliphatic rings. The van der Waals surface area contributed by atoms with Crippen molar-refractivity contribution >= 4 is 17.3 Å². The topological polar surface area (TPSA) is 137 Å². The molecule has 21 heavy (non-hydrogen) atoms. The summed E-state index contributed by atoms with van der Waals surface area (Å²) in [4.78, 5) is 25.5. The van der Waals surface area contributed by atoms with E-state index in [-0.39, 0.29) is 13.0 Å². The summed E-state index contributed by atoms with van der Waals surface area (Å²) in [5.41, 5.74) is 3.86. The first kappa shape index (κ1) is 14.4. The summed E-state index contributed by atoms with van der Waals surface area (Å²) >= 11 is 0.